The summed E-state index contributed by atoms with van der Waals surface area (Å²) >= 11 is 0. The number of piperidine rings is 1. The summed E-state index contributed by atoms with van der Waals surface area (Å²) in [4.78, 5) is 2.76. The molecule has 2 aliphatic rings. The average molecular weight is 252 g/mol. The third kappa shape index (κ3) is 3.48. The summed E-state index contributed by atoms with van der Waals surface area (Å²) in [6.45, 7) is 6.11. The average Bonchev–Trinajstić information content (AvgIpc) is 2.40. The van der Waals surface area contributed by atoms with Crippen LogP contribution in [0, 0.1) is 5.92 Å². The summed E-state index contributed by atoms with van der Waals surface area (Å²) in [5.41, 5.74) is 0. The van der Waals surface area contributed by atoms with Crippen molar-refractivity contribution in [2.24, 2.45) is 5.92 Å². The molecular weight excluding hydrogens is 220 g/mol. The number of likely N-dealkylation sites (tertiary alicyclic amines) is 1. The van der Waals surface area contributed by atoms with E-state index < -0.39 is 0 Å². The molecule has 18 heavy (non-hydrogen) atoms. The molecule has 2 fully saturated rings. The van der Waals surface area contributed by atoms with Gasteiger partial charge in [-0.1, -0.05) is 25.7 Å². The Hall–Kier alpha value is -0.0800. The molecule has 0 aromatic heterocycles. The van der Waals surface area contributed by atoms with Crippen molar-refractivity contribution in [3.05, 3.63) is 0 Å². The van der Waals surface area contributed by atoms with Crippen LogP contribution in [0.25, 0.3) is 0 Å². The van der Waals surface area contributed by atoms with Crippen LogP contribution >= 0.6 is 0 Å². The molecule has 2 heteroatoms. The van der Waals surface area contributed by atoms with Gasteiger partial charge in [-0.15, -0.1) is 0 Å². The standard InChI is InChI=1S/C16H32N2/c1-13-8-7-9-14(2)18(13)12-16(17-3)15-10-5-4-6-11-15/h13-17H,4-12H2,1-3H3. The fourth-order valence-corrected chi connectivity index (χ4v) is 4.07. The lowest BCUT2D eigenvalue weighted by Crippen LogP contribution is -2.52. The molecule has 2 rings (SSSR count). The van der Waals surface area contributed by atoms with Crippen molar-refractivity contribution in [1.29, 1.82) is 0 Å². The minimum Gasteiger partial charge on any atom is -0.315 e. The maximum Gasteiger partial charge on any atom is 0.0220 e. The molecule has 3 unspecified atom stereocenters. The zero-order chi connectivity index (χ0) is 13.0. The van der Waals surface area contributed by atoms with E-state index in [1.807, 2.05) is 0 Å². The molecule has 1 saturated heterocycles. The van der Waals surface area contributed by atoms with E-state index in [2.05, 4.69) is 31.1 Å². The third-order valence-electron chi connectivity index (χ3n) is 5.37. The Balaban J connectivity index is 1.91. The van der Waals surface area contributed by atoms with Crippen molar-refractivity contribution >= 4 is 0 Å². The minimum absolute atomic E-state index is 0.716. The van der Waals surface area contributed by atoms with Gasteiger partial charge in [0.1, 0.15) is 0 Å². The molecule has 2 nitrogen and oxygen atoms in total. The molecule has 106 valence electrons. The fourth-order valence-electron chi connectivity index (χ4n) is 4.07. The van der Waals surface area contributed by atoms with Crippen LogP contribution < -0.4 is 5.32 Å². The summed E-state index contributed by atoms with van der Waals surface area (Å²) in [7, 11) is 2.17. The number of likely N-dealkylation sites (N-methyl/N-ethyl adjacent to an activating group) is 1. The van der Waals surface area contributed by atoms with E-state index in [4.69, 9.17) is 0 Å². The van der Waals surface area contributed by atoms with Gasteiger partial charge in [0.15, 0.2) is 0 Å². The van der Waals surface area contributed by atoms with Crippen molar-refractivity contribution in [1.82, 2.24) is 10.2 Å². The Morgan fingerprint density at radius 2 is 1.56 bits per heavy atom. The van der Waals surface area contributed by atoms with Crippen molar-refractivity contribution < 1.29 is 0 Å². The second kappa shape index (κ2) is 6.91. The van der Waals surface area contributed by atoms with Crippen LogP contribution in [0.1, 0.15) is 65.2 Å². The monoisotopic (exact) mass is 252 g/mol. The van der Waals surface area contributed by atoms with E-state index in [-0.39, 0.29) is 0 Å². The van der Waals surface area contributed by atoms with Crippen molar-refractivity contribution in [3.63, 3.8) is 0 Å². The first-order valence-corrected chi connectivity index (χ1v) is 8.15. The number of rotatable bonds is 4. The molecule has 1 aliphatic heterocycles. The lowest BCUT2D eigenvalue weighted by atomic mass is 9.83. The second-order valence-corrected chi connectivity index (χ2v) is 6.62. The number of hydrogen-bond donors (Lipinski definition) is 1. The molecule has 0 amide bonds. The molecule has 1 heterocycles. The first kappa shape index (κ1) is 14.3. The van der Waals surface area contributed by atoms with Gasteiger partial charge < -0.3 is 5.32 Å². The smallest absolute Gasteiger partial charge is 0.0220 e. The summed E-state index contributed by atoms with van der Waals surface area (Å²) in [5, 5.41) is 3.62. The van der Waals surface area contributed by atoms with Crippen LogP contribution in [-0.2, 0) is 0 Å². The highest BCUT2D eigenvalue weighted by Gasteiger charge is 2.30. The van der Waals surface area contributed by atoms with Gasteiger partial charge in [-0.2, -0.15) is 0 Å². The van der Waals surface area contributed by atoms with Crippen LogP contribution in [0.4, 0.5) is 0 Å². The lowest BCUT2D eigenvalue weighted by Gasteiger charge is -2.43. The predicted octanol–water partition coefficient (Wildman–Crippen LogP) is 3.42. The van der Waals surface area contributed by atoms with Gasteiger partial charge in [0.2, 0.25) is 0 Å². The van der Waals surface area contributed by atoms with E-state index in [1.165, 1.54) is 57.9 Å². The molecule has 1 saturated carbocycles. The van der Waals surface area contributed by atoms with E-state index in [9.17, 15) is 0 Å². The van der Waals surface area contributed by atoms with E-state index >= 15 is 0 Å². The van der Waals surface area contributed by atoms with E-state index in [1.54, 1.807) is 0 Å². The molecule has 1 aliphatic carbocycles. The van der Waals surface area contributed by atoms with Gasteiger partial charge in [0.05, 0.1) is 0 Å². The molecule has 0 radical (unpaired) electrons. The number of hydrogen-bond acceptors (Lipinski definition) is 2. The summed E-state index contributed by atoms with van der Waals surface area (Å²) in [5.74, 6) is 0.921. The Bertz CT molecular complexity index is 225. The molecule has 0 bridgehead atoms. The van der Waals surface area contributed by atoms with E-state index in [0.717, 1.165) is 18.0 Å². The van der Waals surface area contributed by atoms with Crippen molar-refractivity contribution in [3.8, 4) is 0 Å². The van der Waals surface area contributed by atoms with Gasteiger partial charge in [-0.05, 0) is 52.5 Å². The zero-order valence-electron chi connectivity index (χ0n) is 12.6. The van der Waals surface area contributed by atoms with Crippen molar-refractivity contribution in [2.45, 2.75) is 83.3 Å². The van der Waals surface area contributed by atoms with Gasteiger partial charge in [0.25, 0.3) is 0 Å². The SMILES string of the molecule is CNC(CN1C(C)CCCC1C)C1CCCCC1. The molecular formula is C16H32N2. The minimum atomic E-state index is 0.716. The molecule has 0 aromatic rings. The molecule has 0 aromatic carbocycles. The van der Waals surface area contributed by atoms with E-state index in [0.29, 0.717) is 6.04 Å². The third-order valence-corrected chi connectivity index (χ3v) is 5.37. The molecule has 1 N–H and O–H groups in total. The largest absolute Gasteiger partial charge is 0.315 e. The predicted molar refractivity (Wildman–Crippen MR) is 78.9 cm³/mol. The van der Waals surface area contributed by atoms with Crippen molar-refractivity contribution in [2.75, 3.05) is 13.6 Å². The van der Waals surface area contributed by atoms with Gasteiger partial charge >= 0.3 is 0 Å². The second-order valence-electron chi connectivity index (χ2n) is 6.62. The number of nitrogens with zero attached hydrogens (tertiary/aromatic N) is 1. The Morgan fingerprint density at radius 1 is 0.944 bits per heavy atom. The highest BCUT2D eigenvalue weighted by Crippen LogP contribution is 2.29. The van der Waals surface area contributed by atoms with Gasteiger partial charge in [-0.3, -0.25) is 4.90 Å². The first-order chi connectivity index (χ1) is 8.72. The number of nitrogens with one attached hydrogen (secondary N) is 1. The molecule has 0 spiro atoms. The van der Waals surface area contributed by atoms with Crippen LogP contribution in [0.2, 0.25) is 0 Å². The Morgan fingerprint density at radius 3 is 2.11 bits per heavy atom. The summed E-state index contributed by atoms with van der Waals surface area (Å²) in [6.07, 6.45) is 11.5. The summed E-state index contributed by atoms with van der Waals surface area (Å²) < 4.78 is 0. The van der Waals surface area contributed by atoms with Gasteiger partial charge in [0, 0.05) is 24.7 Å². The van der Waals surface area contributed by atoms with Crippen LogP contribution in [-0.4, -0.2) is 36.6 Å². The van der Waals surface area contributed by atoms with Crippen LogP contribution in [0.15, 0.2) is 0 Å². The Kier molecular flexibility index (Phi) is 5.50. The topological polar surface area (TPSA) is 15.3 Å². The highest BCUT2D eigenvalue weighted by molar-refractivity contribution is 4.87. The zero-order valence-corrected chi connectivity index (χ0v) is 12.6. The maximum atomic E-state index is 3.62. The maximum absolute atomic E-state index is 3.62. The molecule has 3 atom stereocenters. The lowest BCUT2D eigenvalue weighted by molar-refractivity contribution is 0.0770. The first-order valence-electron chi connectivity index (χ1n) is 8.15. The van der Waals surface area contributed by atoms with Crippen LogP contribution in [0.5, 0.6) is 0 Å². The van der Waals surface area contributed by atoms with Gasteiger partial charge in [-0.25, -0.2) is 0 Å². The quantitative estimate of drug-likeness (QED) is 0.825. The summed E-state index contributed by atoms with van der Waals surface area (Å²) in [6, 6.07) is 2.29. The normalized spacial score (nSPS) is 33.5. The fraction of sp³-hybridized carbons (Fsp3) is 1.00. The van der Waals surface area contributed by atoms with Crippen LogP contribution in [0.3, 0.4) is 0 Å². The Labute approximate surface area is 114 Å². The highest BCUT2D eigenvalue weighted by atomic mass is 15.2.